The lowest BCUT2D eigenvalue weighted by Gasteiger charge is -2.10. The molecule has 0 N–H and O–H groups in total. The third-order valence-corrected chi connectivity index (χ3v) is 5.12. The van der Waals surface area contributed by atoms with Crippen LogP contribution in [0.1, 0.15) is 5.56 Å². The van der Waals surface area contributed by atoms with Crippen LogP contribution in [-0.4, -0.2) is 13.7 Å². The summed E-state index contributed by atoms with van der Waals surface area (Å²) in [7, 11) is 3.17. The summed E-state index contributed by atoms with van der Waals surface area (Å²) in [5.74, 6) is 0. The maximum absolute atomic E-state index is 13.0. The number of fused-ring (bicyclic) bond motifs is 1. The van der Waals surface area contributed by atoms with Gasteiger partial charge in [-0.3, -0.25) is 13.9 Å². The number of hydrogen-bond donors (Lipinski definition) is 0. The highest BCUT2D eigenvalue weighted by atomic mass is 35.5. The van der Waals surface area contributed by atoms with Crippen LogP contribution >= 0.6 is 11.6 Å². The Bertz CT molecular complexity index is 1280. The summed E-state index contributed by atoms with van der Waals surface area (Å²) in [4.78, 5) is 25.4. The Morgan fingerprint density at radius 1 is 0.852 bits per heavy atom. The van der Waals surface area contributed by atoms with Gasteiger partial charge in [-0.1, -0.05) is 41.4 Å². The molecule has 2 aromatic heterocycles. The van der Waals surface area contributed by atoms with Crippen LogP contribution < -0.4 is 11.2 Å². The summed E-state index contributed by atoms with van der Waals surface area (Å²) >= 11 is 6.05. The van der Waals surface area contributed by atoms with E-state index in [9.17, 15) is 9.59 Å². The lowest BCUT2D eigenvalue weighted by molar-refractivity contribution is 0.714. The quantitative estimate of drug-likeness (QED) is 0.533. The lowest BCUT2D eigenvalue weighted by Crippen LogP contribution is -2.36. The molecule has 136 valence electrons. The molecule has 27 heavy (non-hydrogen) atoms. The standard InChI is InChI=1S/C21H18ClN3O2/c1-13-4-10-16(11-5-13)25-12-17-18(20(26)24(3)21(27)23(17)2)19(25)14-6-8-15(22)9-7-14/h4-12H,1-3H3. The van der Waals surface area contributed by atoms with E-state index >= 15 is 0 Å². The molecule has 0 amide bonds. The van der Waals surface area contributed by atoms with E-state index in [1.807, 2.05) is 54.1 Å². The molecule has 0 atom stereocenters. The van der Waals surface area contributed by atoms with Crippen LogP contribution in [0.5, 0.6) is 0 Å². The number of nitrogens with zero attached hydrogens (tertiary/aromatic N) is 3. The SMILES string of the molecule is Cc1ccc(-n2cc3c(c2-c2ccc(Cl)cc2)c(=O)n(C)c(=O)n3C)cc1. The number of rotatable bonds is 2. The molecule has 5 nitrogen and oxygen atoms in total. The van der Waals surface area contributed by atoms with Gasteiger partial charge in [-0.25, -0.2) is 4.79 Å². The molecule has 6 heteroatoms. The molecule has 4 aromatic rings. The molecule has 0 saturated carbocycles. The molecule has 0 fully saturated rings. The molecule has 0 spiro atoms. The van der Waals surface area contributed by atoms with E-state index in [1.165, 1.54) is 11.6 Å². The first-order valence-electron chi connectivity index (χ1n) is 8.52. The van der Waals surface area contributed by atoms with Crippen molar-refractivity contribution in [1.29, 1.82) is 0 Å². The Hall–Kier alpha value is -3.05. The second-order valence-electron chi connectivity index (χ2n) is 6.66. The van der Waals surface area contributed by atoms with Crippen LogP contribution in [0.3, 0.4) is 0 Å². The molecule has 4 rings (SSSR count). The zero-order chi connectivity index (χ0) is 19.3. The zero-order valence-corrected chi connectivity index (χ0v) is 16.0. The summed E-state index contributed by atoms with van der Waals surface area (Å²) in [6, 6.07) is 15.4. The highest BCUT2D eigenvalue weighted by Gasteiger charge is 2.20. The summed E-state index contributed by atoms with van der Waals surface area (Å²) in [5, 5.41) is 1.12. The van der Waals surface area contributed by atoms with Gasteiger partial charge in [0.1, 0.15) is 0 Å². The van der Waals surface area contributed by atoms with Crippen molar-refractivity contribution in [2.75, 3.05) is 0 Å². The first-order valence-corrected chi connectivity index (χ1v) is 8.90. The molecule has 0 radical (unpaired) electrons. The predicted molar refractivity (Wildman–Crippen MR) is 109 cm³/mol. The maximum atomic E-state index is 13.0. The molecule has 0 aliphatic heterocycles. The third-order valence-electron chi connectivity index (χ3n) is 4.87. The summed E-state index contributed by atoms with van der Waals surface area (Å²) in [6.45, 7) is 2.02. The van der Waals surface area contributed by atoms with Gasteiger partial charge in [-0.05, 0) is 36.8 Å². The van der Waals surface area contributed by atoms with E-state index in [1.54, 1.807) is 19.2 Å². The third kappa shape index (κ3) is 2.71. The van der Waals surface area contributed by atoms with Crippen LogP contribution in [0.4, 0.5) is 0 Å². The van der Waals surface area contributed by atoms with Crippen molar-refractivity contribution < 1.29 is 0 Å². The fourth-order valence-electron chi connectivity index (χ4n) is 3.34. The first-order chi connectivity index (χ1) is 12.9. The average Bonchev–Trinajstić information content (AvgIpc) is 3.06. The Morgan fingerprint density at radius 3 is 2.11 bits per heavy atom. The zero-order valence-electron chi connectivity index (χ0n) is 15.2. The molecule has 2 aromatic carbocycles. The maximum Gasteiger partial charge on any atom is 0.330 e. The molecule has 0 unspecified atom stereocenters. The summed E-state index contributed by atoms with van der Waals surface area (Å²) in [5.41, 5.74) is 3.57. The fourth-order valence-corrected chi connectivity index (χ4v) is 3.47. The Balaban J connectivity index is 2.18. The van der Waals surface area contributed by atoms with Crippen molar-refractivity contribution in [2.45, 2.75) is 6.92 Å². The van der Waals surface area contributed by atoms with Crippen molar-refractivity contribution >= 4 is 22.5 Å². The summed E-state index contributed by atoms with van der Waals surface area (Å²) < 4.78 is 4.59. The van der Waals surface area contributed by atoms with Crippen LogP contribution in [0.25, 0.3) is 27.8 Å². The van der Waals surface area contributed by atoms with Gasteiger partial charge in [0, 0.05) is 31.0 Å². The Morgan fingerprint density at radius 2 is 1.48 bits per heavy atom. The average molecular weight is 380 g/mol. The fraction of sp³-hybridized carbons (Fsp3) is 0.143. The molecule has 0 aliphatic carbocycles. The van der Waals surface area contributed by atoms with E-state index in [4.69, 9.17) is 11.6 Å². The first kappa shape index (κ1) is 17.4. The van der Waals surface area contributed by atoms with Crippen molar-refractivity contribution in [1.82, 2.24) is 13.7 Å². The topological polar surface area (TPSA) is 48.9 Å². The lowest BCUT2D eigenvalue weighted by atomic mass is 10.1. The molecule has 0 saturated heterocycles. The van der Waals surface area contributed by atoms with Gasteiger partial charge >= 0.3 is 5.69 Å². The molecular weight excluding hydrogens is 362 g/mol. The minimum Gasteiger partial charge on any atom is -0.314 e. The molecule has 0 aliphatic rings. The van der Waals surface area contributed by atoms with E-state index in [0.717, 1.165) is 27.1 Å². The van der Waals surface area contributed by atoms with E-state index in [0.29, 0.717) is 15.9 Å². The van der Waals surface area contributed by atoms with Crippen LogP contribution in [0, 0.1) is 6.92 Å². The highest BCUT2D eigenvalue weighted by Crippen LogP contribution is 2.31. The Kier molecular flexibility index (Phi) is 4.04. The van der Waals surface area contributed by atoms with Crippen molar-refractivity contribution in [3.05, 3.63) is 86.2 Å². The van der Waals surface area contributed by atoms with Gasteiger partial charge in [-0.15, -0.1) is 0 Å². The van der Waals surface area contributed by atoms with Gasteiger partial charge < -0.3 is 4.57 Å². The largest absolute Gasteiger partial charge is 0.330 e. The molecule has 2 heterocycles. The number of hydrogen-bond acceptors (Lipinski definition) is 2. The molecule has 0 bridgehead atoms. The van der Waals surface area contributed by atoms with Gasteiger partial charge in [0.2, 0.25) is 0 Å². The molecular formula is C21H18ClN3O2. The second-order valence-corrected chi connectivity index (χ2v) is 7.09. The van der Waals surface area contributed by atoms with Crippen LogP contribution in [0.2, 0.25) is 5.02 Å². The number of aromatic nitrogens is 3. The minimum atomic E-state index is -0.351. The number of benzene rings is 2. The van der Waals surface area contributed by atoms with Gasteiger partial charge in [-0.2, -0.15) is 0 Å². The van der Waals surface area contributed by atoms with Gasteiger partial charge in [0.05, 0.1) is 16.6 Å². The predicted octanol–water partition coefficient (Wildman–Crippen LogP) is 3.66. The van der Waals surface area contributed by atoms with Crippen molar-refractivity contribution in [3.63, 3.8) is 0 Å². The highest BCUT2D eigenvalue weighted by molar-refractivity contribution is 6.30. The van der Waals surface area contributed by atoms with Crippen molar-refractivity contribution in [3.8, 4) is 16.9 Å². The second kappa shape index (κ2) is 6.28. The monoisotopic (exact) mass is 379 g/mol. The van der Waals surface area contributed by atoms with E-state index in [2.05, 4.69) is 0 Å². The van der Waals surface area contributed by atoms with E-state index in [-0.39, 0.29) is 11.2 Å². The Labute approximate surface area is 160 Å². The van der Waals surface area contributed by atoms with E-state index < -0.39 is 0 Å². The van der Waals surface area contributed by atoms with Crippen LogP contribution in [0.15, 0.2) is 64.3 Å². The van der Waals surface area contributed by atoms with Crippen LogP contribution in [-0.2, 0) is 14.1 Å². The smallest absolute Gasteiger partial charge is 0.314 e. The minimum absolute atomic E-state index is 0.316. The van der Waals surface area contributed by atoms with Gasteiger partial charge in [0.25, 0.3) is 5.56 Å². The summed E-state index contributed by atoms with van der Waals surface area (Å²) in [6.07, 6.45) is 1.84. The van der Waals surface area contributed by atoms with Gasteiger partial charge in [0.15, 0.2) is 0 Å². The normalized spacial score (nSPS) is 11.3. The number of aryl methyl sites for hydroxylation is 2. The van der Waals surface area contributed by atoms with Crippen molar-refractivity contribution in [2.24, 2.45) is 14.1 Å². The number of halogens is 1.